The molecule has 18 heavy (non-hydrogen) atoms. The largest absolute Gasteiger partial charge is 0.314 e. The zero-order valence-corrected chi connectivity index (χ0v) is 11.4. The lowest BCUT2D eigenvalue weighted by molar-refractivity contribution is 0.257. The van der Waals surface area contributed by atoms with Crippen LogP contribution >= 0.6 is 0 Å². The van der Waals surface area contributed by atoms with Crippen molar-refractivity contribution in [3.63, 3.8) is 0 Å². The van der Waals surface area contributed by atoms with Crippen LogP contribution in [0, 0.1) is 0 Å². The second kappa shape index (κ2) is 5.77. The smallest absolute Gasteiger partial charge is 0.211 e. The molecule has 0 radical (unpaired) electrons. The van der Waals surface area contributed by atoms with Crippen LogP contribution in [0.2, 0.25) is 0 Å². The average molecular weight is 269 g/mol. The maximum Gasteiger partial charge on any atom is 0.211 e. The molecule has 1 N–H and O–H groups in total. The number of aromatic nitrogens is 1. The molecular weight excluding hydrogens is 250 g/mol. The van der Waals surface area contributed by atoms with Crippen molar-refractivity contribution in [1.29, 1.82) is 0 Å². The molecule has 1 atom stereocenters. The monoisotopic (exact) mass is 269 g/mol. The van der Waals surface area contributed by atoms with Gasteiger partial charge in [-0.15, -0.1) is 0 Å². The molecule has 2 heterocycles. The number of aryl methyl sites for hydroxylation is 1. The molecule has 5 nitrogen and oxygen atoms in total. The summed E-state index contributed by atoms with van der Waals surface area (Å²) in [5, 5.41) is 3.25. The van der Waals surface area contributed by atoms with Crippen LogP contribution < -0.4 is 5.32 Å². The predicted molar refractivity (Wildman–Crippen MR) is 70.8 cm³/mol. The van der Waals surface area contributed by atoms with E-state index < -0.39 is 10.0 Å². The first-order valence-electron chi connectivity index (χ1n) is 6.15. The predicted octanol–water partition coefficient (Wildman–Crippen LogP) is 0.248. The molecule has 0 aromatic carbocycles. The number of sulfonamides is 1. The second-order valence-electron chi connectivity index (χ2n) is 4.59. The summed E-state index contributed by atoms with van der Waals surface area (Å²) in [6.45, 7) is 2.01. The van der Waals surface area contributed by atoms with Crippen molar-refractivity contribution in [3.8, 4) is 0 Å². The highest BCUT2D eigenvalue weighted by molar-refractivity contribution is 7.88. The van der Waals surface area contributed by atoms with Gasteiger partial charge in [0, 0.05) is 37.6 Å². The Morgan fingerprint density at radius 1 is 1.50 bits per heavy atom. The van der Waals surface area contributed by atoms with Gasteiger partial charge in [-0.25, -0.2) is 8.42 Å². The number of nitrogens with one attached hydrogen (secondary N) is 1. The summed E-state index contributed by atoms with van der Waals surface area (Å²) >= 11 is 0. The van der Waals surface area contributed by atoms with Crippen LogP contribution in [0.4, 0.5) is 0 Å². The minimum atomic E-state index is -3.11. The lowest BCUT2D eigenvalue weighted by Gasteiger charge is -2.34. The van der Waals surface area contributed by atoms with Gasteiger partial charge in [-0.1, -0.05) is 6.07 Å². The van der Waals surface area contributed by atoms with E-state index in [0.29, 0.717) is 6.54 Å². The number of hydrogen-bond acceptors (Lipinski definition) is 4. The summed E-state index contributed by atoms with van der Waals surface area (Å²) in [7, 11) is -3.11. The molecule has 0 bridgehead atoms. The number of nitrogens with zero attached hydrogens (tertiary/aromatic N) is 2. The van der Waals surface area contributed by atoms with E-state index in [1.807, 2.05) is 18.2 Å². The van der Waals surface area contributed by atoms with E-state index in [1.54, 1.807) is 10.5 Å². The maximum absolute atomic E-state index is 11.7. The Labute approximate surface area is 108 Å². The molecule has 1 aliphatic heterocycles. The van der Waals surface area contributed by atoms with E-state index in [4.69, 9.17) is 0 Å². The van der Waals surface area contributed by atoms with Gasteiger partial charge < -0.3 is 5.32 Å². The van der Waals surface area contributed by atoms with Crippen molar-refractivity contribution in [2.75, 3.05) is 25.9 Å². The normalized spacial score (nSPS) is 21.9. The zero-order chi connectivity index (χ0) is 13.0. The van der Waals surface area contributed by atoms with Crippen molar-refractivity contribution >= 4 is 10.0 Å². The fourth-order valence-corrected chi connectivity index (χ4v) is 3.43. The summed E-state index contributed by atoms with van der Waals surface area (Å²) < 4.78 is 25.0. The van der Waals surface area contributed by atoms with Crippen LogP contribution in [0.15, 0.2) is 24.4 Å². The van der Waals surface area contributed by atoms with Crippen molar-refractivity contribution in [3.05, 3.63) is 30.1 Å². The highest BCUT2D eigenvalue weighted by Crippen LogP contribution is 2.14. The maximum atomic E-state index is 11.7. The fraction of sp³-hybridized carbons (Fsp3) is 0.583. The van der Waals surface area contributed by atoms with Crippen LogP contribution in [0.25, 0.3) is 0 Å². The minimum absolute atomic E-state index is 0.0377. The first-order chi connectivity index (χ1) is 8.57. The molecule has 1 aliphatic rings. The van der Waals surface area contributed by atoms with E-state index in [-0.39, 0.29) is 6.04 Å². The summed E-state index contributed by atoms with van der Waals surface area (Å²) in [5.41, 5.74) is 1.01. The fourth-order valence-electron chi connectivity index (χ4n) is 2.29. The average Bonchev–Trinajstić information content (AvgIpc) is 2.37. The Kier molecular flexibility index (Phi) is 4.31. The zero-order valence-electron chi connectivity index (χ0n) is 10.5. The third-order valence-corrected chi connectivity index (χ3v) is 4.51. The number of pyridine rings is 1. The number of hydrogen-bond donors (Lipinski definition) is 1. The lowest BCUT2D eigenvalue weighted by Crippen LogP contribution is -2.53. The third kappa shape index (κ3) is 3.51. The molecule has 2 rings (SSSR count). The van der Waals surface area contributed by atoms with Gasteiger partial charge in [-0.05, 0) is 25.0 Å². The summed E-state index contributed by atoms with van der Waals surface area (Å²) in [5.74, 6) is 0. The molecule has 1 saturated heterocycles. The van der Waals surface area contributed by atoms with Gasteiger partial charge in [0.1, 0.15) is 0 Å². The van der Waals surface area contributed by atoms with Crippen LogP contribution in [-0.4, -0.2) is 49.6 Å². The molecule has 0 saturated carbocycles. The Morgan fingerprint density at radius 2 is 2.33 bits per heavy atom. The molecule has 6 heteroatoms. The molecule has 0 spiro atoms. The van der Waals surface area contributed by atoms with Crippen LogP contribution in [0.5, 0.6) is 0 Å². The summed E-state index contributed by atoms with van der Waals surface area (Å²) in [4.78, 5) is 4.26. The Balaban J connectivity index is 1.98. The third-order valence-electron chi connectivity index (χ3n) is 3.18. The lowest BCUT2D eigenvalue weighted by atomic mass is 10.1. The van der Waals surface area contributed by atoms with Crippen molar-refractivity contribution in [2.45, 2.75) is 18.9 Å². The molecule has 0 aliphatic carbocycles. The van der Waals surface area contributed by atoms with E-state index in [0.717, 1.165) is 31.6 Å². The van der Waals surface area contributed by atoms with Gasteiger partial charge in [0.15, 0.2) is 0 Å². The van der Waals surface area contributed by atoms with Crippen molar-refractivity contribution in [1.82, 2.24) is 14.6 Å². The molecule has 1 aromatic rings. The van der Waals surface area contributed by atoms with E-state index in [1.165, 1.54) is 6.26 Å². The van der Waals surface area contributed by atoms with Gasteiger partial charge >= 0.3 is 0 Å². The van der Waals surface area contributed by atoms with E-state index in [9.17, 15) is 8.42 Å². The molecule has 1 aromatic heterocycles. The van der Waals surface area contributed by atoms with Gasteiger partial charge in [0.2, 0.25) is 10.0 Å². The van der Waals surface area contributed by atoms with E-state index >= 15 is 0 Å². The van der Waals surface area contributed by atoms with Gasteiger partial charge in [0.05, 0.1) is 6.26 Å². The summed E-state index contributed by atoms with van der Waals surface area (Å²) in [6.07, 6.45) is 4.66. The quantitative estimate of drug-likeness (QED) is 0.851. The van der Waals surface area contributed by atoms with E-state index in [2.05, 4.69) is 10.3 Å². The van der Waals surface area contributed by atoms with Gasteiger partial charge in [-0.2, -0.15) is 4.31 Å². The second-order valence-corrected chi connectivity index (χ2v) is 6.53. The molecular formula is C12H19N3O2S. The first-order valence-corrected chi connectivity index (χ1v) is 7.99. The standard InChI is InChI=1S/C12H19N3O2S/c1-18(16,17)15-9-8-13-10-12(15)6-5-11-4-2-3-7-14-11/h2-4,7,12-13H,5-6,8-10H2,1H3. The Morgan fingerprint density at radius 3 is 3.00 bits per heavy atom. The van der Waals surface area contributed by atoms with Crippen LogP contribution in [-0.2, 0) is 16.4 Å². The van der Waals surface area contributed by atoms with Gasteiger partial charge in [0.25, 0.3) is 0 Å². The Bertz CT molecular complexity index is 475. The van der Waals surface area contributed by atoms with Crippen molar-refractivity contribution in [2.24, 2.45) is 0 Å². The van der Waals surface area contributed by atoms with Crippen LogP contribution in [0.3, 0.4) is 0 Å². The topological polar surface area (TPSA) is 62.3 Å². The molecule has 1 unspecified atom stereocenters. The minimum Gasteiger partial charge on any atom is -0.314 e. The highest BCUT2D eigenvalue weighted by Gasteiger charge is 2.28. The van der Waals surface area contributed by atoms with Gasteiger partial charge in [-0.3, -0.25) is 4.98 Å². The highest BCUT2D eigenvalue weighted by atomic mass is 32.2. The number of piperazine rings is 1. The molecule has 100 valence electrons. The SMILES string of the molecule is CS(=O)(=O)N1CCNCC1CCc1ccccn1. The molecule has 0 amide bonds. The summed E-state index contributed by atoms with van der Waals surface area (Å²) in [6, 6.07) is 5.85. The molecule has 1 fully saturated rings. The Hall–Kier alpha value is -0.980. The number of rotatable bonds is 4. The van der Waals surface area contributed by atoms with Crippen LogP contribution in [0.1, 0.15) is 12.1 Å². The first kappa shape index (κ1) is 13.5. The van der Waals surface area contributed by atoms with Crippen molar-refractivity contribution < 1.29 is 8.42 Å².